The number of halogens is 2. The van der Waals surface area contributed by atoms with Crippen LogP contribution >= 0.6 is 27.5 Å². The summed E-state index contributed by atoms with van der Waals surface area (Å²) in [6, 6.07) is 6.93. The van der Waals surface area contributed by atoms with Crippen LogP contribution in [0.5, 0.6) is 0 Å². The Hall–Kier alpha value is -2.20. The van der Waals surface area contributed by atoms with E-state index in [1.807, 2.05) is 0 Å². The number of hydrogen-bond acceptors (Lipinski definition) is 6. The normalized spacial score (nSPS) is 21.6. The molecule has 1 saturated heterocycles. The predicted octanol–water partition coefficient (Wildman–Crippen LogP) is 1.99. The Morgan fingerprint density at radius 2 is 2.17 bits per heavy atom. The molecule has 3 rings (SSSR count). The van der Waals surface area contributed by atoms with Crippen molar-refractivity contribution in [1.82, 2.24) is 9.55 Å². The first kappa shape index (κ1) is 21.5. The molecule has 0 radical (unpaired) electrons. The van der Waals surface area contributed by atoms with Gasteiger partial charge in [0.2, 0.25) is 0 Å². The molecule has 2 heterocycles. The van der Waals surface area contributed by atoms with Gasteiger partial charge >= 0.3 is 11.7 Å². The van der Waals surface area contributed by atoms with Crippen molar-refractivity contribution in [2.75, 3.05) is 6.61 Å². The van der Waals surface area contributed by atoms with Crippen molar-refractivity contribution in [2.24, 2.45) is 0 Å². The third-order valence-corrected chi connectivity index (χ3v) is 5.09. The van der Waals surface area contributed by atoms with E-state index in [-0.39, 0.29) is 25.0 Å². The number of nitrogens with zero attached hydrogens (tertiary/aromatic N) is 1. The Morgan fingerprint density at radius 3 is 2.90 bits per heavy atom. The fraction of sp³-hybridized carbons (Fsp3) is 0.316. The summed E-state index contributed by atoms with van der Waals surface area (Å²) in [6.45, 7) is -0.173. The van der Waals surface area contributed by atoms with Crippen molar-refractivity contribution < 1.29 is 19.4 Å². The summed E-state index contributed by atoms with van der Waals surface area (Å²) in [6.07, 6.45) is 0.385. The molecule has 29 heavy (non-hydrogen) atoms. The minimum atomic E-state index is -0.942. The summed E-state index contributed by atoms with van der Waals surface area (Å²) in [7, 11) is 0. The highest BCUT2D eigenvalue weighted by molar-refractivity contribution is 9.11. The number of hydrogen-bond donors (Lipinski definition) is 2. The number of aliphatic hydroxyl groups is 1. The molecule has 0 aliphatic carbocycles. The van der Waals surface area contributed by atoms with Crippen LogP contribution in [0.2, 0.25) is 5.02 Å². The quantitative estimate of drug-likeness (QED) is 0.606. The zero-order valence-electron chi connectivity index (χ0n) is 15.1. The first-order valence-corrected chi connectivity index (χ1v) is 10.0. The molecule has 1 aliphatic heterocycles. The molecule has 1 aromatic heterocycles. The average Bonchev–Trinajstić information content (AvgIpc) is 3.04. The van der Waals surface area contributed by atoms with Gasteiger partial charge in [0.1, 0.15) is 18.9 Å². The number of aromatic amines is 1. The van der Waals surface area contributed by atoms with Crippen molar-refractivity contribution in [3.63, 3.8) is 0 Å². The third-order valence-electron chi connectivity index (χ3n) is 4.45. The summed E-state index contributed by atoms with van der Waals surface area (Å²) in [5.74, 6) is -0.511. The Kier molecular flexibility index (Phi) is 7.07. The van der Waals surface area contributed by atoms with Crippen molar-refractivity contribution in [3.8, 4) is 0 Å². The van der Waals surface area contributed by atoms with Gasteiger partial charge in [-0.15, -0.1) is 0 Å². The van der Waals surface area contributed by atoms with Crippen LogP contribution < -0.4 is 11.2 Å². The van der Waals surface area contributed by atoms with Crippen LogP contribution in [0.15, 0.2) is 45.0 Å². The van der Waals surface area contributed by atoms with E-state index in [1.165, 1.54) is 21.8 Å². The van der Waals surface area contributed by atoms with Gasteiger partial charge in [-0.05, 0) is 22.7 Å². The minimum Gasteiger partial charge on any atom is -0.463 e. The summed E-state index contributed by atoms with van der Waals surface area (Å²) < 4.78 is 12.1. The molecule has 0 saturated carbocycles. The van der Waals surface area contributed by atoms with Crippen LogP contribution in [-0.2, 0) is 20.7 Å². The standard InChI is InChI=1S/C19H18BrClN2O6/c20-6-5-12-9-23(19(27)22-18(12)26)16-8-14(24)15(29-16)10-28-17(25)7-11-3-1-2-4-13(11)21/h1-6,9,14-16,24H,7-8,10H2,(H,22,26,27)/b6-5+/t14?,15-,16-/m0/s1. The zero-order valence-corrected chi connectivity index (χ0v) is 17.4. The van der Waals surface area contributed by atoms with Gasteiger partial charge in [0, 0.05) is 17.6 Å². The van der Waals surface area contributed by atoms with Gasteiger partial charge in [-0.1, -0.05) is 45.7 Å². The second-order valence-corrected chi connectivity index (χ2v) is 7.36. The Labute approximate surface area is 178 Å². The van der Waals surface area contributed by atoms with E-state index in [2.05, 4.69) is 20.9 Å². The number of benzene rings is 1. The molecule has 1 fully saturated rings. The smallest absolute Gasteiger partial charge is 0.330 e. The molecule has 8 nitrogen and oxygen atoms in total. The number of rotatable bonds is 6. The number of carbonyl (C=O) groups is 1. The van der Waals surface area contributed by atoms with Crippen molar-refractivity contribution in [2.45, 2.75) is 31.3 Å². The van der Waals surface area contributed by atoms with Gasteiger partial charge in [-0.3, -0.25) is 19.1 Å². The molecule has 3 atom stereocenters. The van der Waals surface area contributed by atoms with Crippen LogP contribution in [0.1, 0.15) is 23.8 Å². The SMILES string of the molecule is O=C(Cc1ccccc1Cl)OC[C@@H]1O[C@H](n2cc(/C=C/Br)c(=O)[nH]c2=O)CC1O. The molecule has 0 bridgehead atoms. The maximum Gasteiger partial charge on any atom is 0.330 e. The first-order valence-electron chi connectivity index (χ1n) is 8.74. The van der Waals surface area contributed by atoms with Crippen LogP contribution in [0.3, 0.4) is 0 Å². The lowest BCUT2D eigenvalue weighted by Gasteiger charge is -2.16. The number of carbonyl (C=O) groups excluding carboxylic acids is 1. The monoisotopic (exact) mass is 484 g/mol. The largest absolute Gasteiger partial charge is 0.463 e. The van der Waals surface area contributed by atoms with E-state index in [0.29, 0.717) is 10.6 Å². The van der Waals surface area contributed by atoms with Gasteiger partial charge in [0.15, 0.2) is 0 Å². The molecule has 154 valence electrons. The fourth-order valence-corrected chi connectivity index (χ4v) is 3.45. The van der Waals surface area contributed by atoms with E-state index < -0.39 is 35.7 Å². The average molecular weight is 486 g/mol. The highest BCUT2D eigenvalue weighted by Gasteiger charge is 2.36. The van der Waals surface area contributed by atoms with E-state index >= 15 is 0 Å². The Morgan fingerprint density at radius 1 is 1.41 bits per heavy atom. The predicted molar refractivity (Wildman–Crippen MR) is 110 cm³/mol. The van der Waals surface area contributed by atoms with Crippen molar-refractivity contribution >= 4 is 39.6 Å². The first-order chi connectivity index (χ1) is 13.9. The summed E-state index contributed by atoms with van der Waals surface area (Å²) in [5.41, 5.74) is -0.313. The van der Waals surface area contributed by atoms with E-state index in [0.717, 1.165) is 0 Å². The number of H-pyrrole nitrogens is 1. The number of esters is 1. The zero-order chi connectivity index (χ0) is 21.0. The Bertz CT molecular complexity index is 1030. The fourth-order valence-electron chi connectivity index (χ4n) is 2.96. The lowest BCUT2D eigenvalue weighted by Crippen LogP contribution is -2.33. The molecule has 2 N–H and O–H groups in total. The topological polar surface area (TPSA) is 111 Å². The number of nitrogens with one attached hydrogen (secondary N) is 1. The molecule has 1 aromatic carbocycles. The van der Waals surface area contributed by atoms with E-state index in [9.17, 15) is 19.5 Å². The second kappa shape index (κ2) is 9.53. The van der Waals surface area contributed by atoms with Gasteiger partial charge in [0.25, 0.3) is 5.56 Å². The van der Waals surface area contributed by atoms with Crippen molar-refractivity contribution in [3.05, 3.63) is 72.4 Å². The summed E-state index contributed by atoms with van der Waals surface area (Å²) in [4.78, 5) is 39.6. The number of aliphatic hydroxyl groups excluding tert-OH is 1. The molecule has 2 aromatic rings. The summed E-state index contributed by atoms with van der Waals surface area (Å²) >= 11 is 9.11. The lowest BCUT2D eigenvalue weighted by molar-refractivity contribution is -0.149. The molecule has 1 unspecified atom stereocenters. The molecule has 1 aliphatic rings. The lowest BCUT2D eigenvalue weighted by atomic mass is 10.1. The second-order valence-electron chi connectivity index (χ2n) is 6.43. The van der Waals surface area contributed by atoms with Crippen LogP contribution in [0, 0.1) is 0 Å². The van der Waals surface area contributed by atoms with Crippen LogP contribution in [0.4, 0.5) is 0 Å². The van der Waals surface area contributed by atoms with E-state index in [1.54, 1.807) is 24.3 Å². The highest BCUT2D eigenvalue weighted by Crippen LogP contribution is 2.28. The van der Waals surface area contributed by atoms with Crippen molar-refractivity contribution in [1.29, 1.82) is 0 Å². The molecule has 10 heteroatoms. The minimum absolute atomic E-state index is 0.00641. The van der Waals surface area contributed by atoms with Gasteiger partial charge in [-0.25, -0.2) is 4.79 Å². The third kappa shape index (κ3) is 5.24. The highest BCUT2D eigenvalue weighted by atomic mass is 79.9. The van der Waals surface area contributed by atoms with Gasteiger partial charge < -0.3 is 14.6 Å². The Balaban J connectivity index is 1.63. The van der Waals surface area contributed by atoms with Gasteiger partial charge in [-0.2, -0.15) is 0 Å². The maximum atomic E-state index is 12.1. The molecule has 0 spiro atoms. The van der Waals surface area contributed by atoms with Gasteiger partial charge in [0.05, 0.1) is 18.1 Å². The maximum absolute atomic E-state index is 12.1. The summed E-state index contributed by atoms with van der Waals surface area (Å²) in [5, 5.41) is 10.7. The molecular weight excluding hydrogens is 468 g/mol. The number of aromatic nitrogens is 2. The van der Waals surface area contributed by atoms with Crippen LogP contribution in [-0.4, -0.2) is 39.4 Å². The van der Waals surface area contributed by atoms with E-state index in [4.69, 9.17) is 21.1 Å². The molecule has 0 amide bonds. The van der Waals surface area contributed by atoms with Crippen LogP contribution in [0.25, 0.3) is 6.08 Å². The number of ether oxygens (including phenoxy) is 2. The molecular formula is C19H18BrClN2O6.